The minimum Gasteiger partial charge on any atom is -0.411 e. The van der Waals surface area contributed by atoms with Crippen LogP contribution in [-0.2, 0) is 4.43 Å². The summed E-state index contributed by atoms with van der Waals surface area (Å²) in [6, 6.07) is 0. The first-order chi connectivity index (χ1) is 7.36. The molecule has 3 heteroatoms. The van der Waals surface area contributed by atoms with Crippen LogP contribution >= 0.6 is 0 Å². The van der Waals surface area contributed by atoms with Gasteiger partial charge in [-0.2, -0.15) is 0 Å². The Kier molecular flexibility index (Phi) is 2.06. The van der Waals surface area contributed by atoms with Crippen molar-refractivity contribution in [2.45, 2.75) is 56.5 Å². The van der Waals surface area contributed by atoms with Crippen LogP contribution < -0.4 is 0 Å². The molecule has 0 aliphatic heterocycles. The van der Waals surface area contributed by atoms with Gasteiger partial charge in [-0.25, -0.2) is 0 Å². The van der Waals surface area contributed by atoms with Crippen LogP contribution in [0.5, 0.6) is 0 Å². The highest BCUT2D eigenvalue weighted by molar-refractivity contribution is 6.69. The number of hydrogen-bond donors (Lipinski definition) is 1. The van der Waals surface area contributed by atoms with Crippen LogP contribution in [0.25, 0.3) is 0 Å². The van der Waals surface area contributed by atoms with Crippen molar-refractivity contribution in [2.24, 2.45) is 11.8 Å². The molecule has 0 heterocycles. The Balaban J connectivity index is 1.99. The van der Waals surface area contributed by atoms with Gasteiger partial charge in [-0.3, -0.25) is 0 Å². The van der Waals surface area contributed by atoms with Gasteiger partial charge in [0.25, 0.3) is 0 Å². The summed E-state index contributed by atoms with van der Waals surface area (Å²) < 4.78 is 6.54. The van der Waals surface area contributed by atoms with Gasteiger partial charge in [0.15, 0.2) is 8.32 Å². The molecule has 0 aromatic heterocycles. The van der Waals surface area contributed by atoms with E-state index >= 15 is 0 Å². The minimum atomic E-state index is -1.53. The number of aliphatic hydroxyl groups is 1. The second-order valence-electron chi connectivity index (χ2n) is 6.80. The smallest absolute Gasteiger partial charge is 0.184 e. The lowest BCUT2D eigenvalue weighted by molar-refractivity contribution is -0.0392. The molecule has 4 bridgehead atoms. The molecule has 0 aromatic rings. The van der Waals surface area contributed by atoms with E-state index in [2.05, 4.69) is 25.7 Å². The zero-order chi connectivity index (χ0) is 11.6. The first kappa shape index (κ1) is 11.0. The topological polar surface area (TPSA) is 29.5 Å². The van der Waals surface area contributed by atoms with Gasteiger partial charge in [-0.15, -0.1) is 0 Å². The van der Waals surface area contributed by atoms with Gasteiger partial charge in [0.05, 0.1) is 11.2 Å². The predicted molar refractivity (Wildman–Crippen MR) is 66.7 cm³/mol. The van der Waals surface area contributed by atoms with Gasteiger partial charge >= 0.3 is 0 Å². The monoisotopic (exact) mass is 238 g/mol. The second-order valence-corrected chi connectivity index (χ2v) is 11.2. The molecule has 2 fully saturated rings. The summed E-state index contributed by atoms with van der Waals surface area (Å²) in [6.45, 7) is 6.78. The van der Waals surface area contributed by atoms with Crippen molar-refractivity contribution in [3.8, 4) is 0 Å². The van der Waals surface area contributed by atoms with Gasteiger partial charge < -0.3 is 9.53 Å². The van der Waals surface area contributed by atoms with Crippen LogP contribution in [0.2, 0.25) is 19.6 Å². The summed E-state index contributed by atoms with van der Waals surface area (Å²) in [6.07, 6.45) is 8.55. The Labute approximate surface area is 98.8 Å². The summed E-state index contributed by atoms with van der Waals surface area (Å²) >= 11 is 0. The van der Waals surface area contributed by atoms with E-state index in [1.807, 2.05) is 6.08 Å². The maximum absolute atomic E-state index is 10.6. The molecule has 16 heavy (non-hydrogen) atoms. The fourth-order valence-electron chi connectivity index (χ4n) is 4.33. The number of rotatable bonds is 2. The van der Waals surface area contributed by atoms with Crippen molar-refractivity contribution in [3.05, 3.63) is 12.2 Å². The van der Waals surface area contributed by atoms with Gasteiger partial charge in [0.1, 0.15) is 0 Å². The lowest BCUT2D eigenvalue weighted by atomic mass is 9.77. The van der Waals surface area contributed by atoms with E-state index in [0.717, 1.165) is 19.3 Å². The van der Waals surface area contributed by atoms with Gasteiger partial charge in [-0.05, 0) is 51.2 Å². The zero-order valence-electron chi connectivity index (χ0n) is 10.5. The molecular formula is C13H22O2Si. The Bertz CT molecular complexity index is 346. The van der Waals surface area contributed by atoms with Crippen LogP contribution in [0, 0.1) is 11.8 Å². The summed E-state index contributed by atoms with van der Waals surface area (Å²) in [5.41, 5.74) is -0.547. The van der Waals surface area contributed by atoms with Crippen LogP contribution in [0.15, 0.2) is 12.2 Å². The second kappa shape index (κ2) is 3.00. The fourth-order valence-corrected chi connectivity index (χ4v) is 5.86. The van der Waals surface area contributed by atoms with E-state index in [1.165, 1.54) is 6.42 Å². The van der Waals surface area contributed by atoms with Crippen molar-refractivity contribution in [3.63, 3.8) is 0 Å². The third-order valence-electron chi connectivity index (χ3n) is 4.60. The molecule has 3 aliphatic carbocycles. The van der Waals surface area contributed by atoms with E-state index in [0.29, 0.717) is 11.8 Å². The first-order valence-electron chi connectivity index (χ1n) is 6.46. The molecule has 0 unspecified atom stereocenters. The molecule has 3 rings (SSSR count). The van der Waals surface area contributed by atoms with Crippen molar-refractivity contribution >= 4 is 8.32 Å². The highest BCUT2D eigenvalue weighted by atomic mass is 28.4. The number of hydrogen-bond acceptors (Lipinski definition) is 2. The maximum Gasteiger partial charge on any atom is 0.184 e. The molecule has 0 radical (unpaired) electrons. The molecule has 2 saturated carbocycles. The van der Waals surface area contributed by atoms with Crippen LogP contribution in [-0.4, -0.2) is 24.6 Å². The third kappa shape index (κ3) is 1.31. The Morgan fingerprint density at radius 2 is 2.06 bits per heavy atom. The van der Waals surface area contributed by atoms with Gasteiger partial charge in [-0.1, -0.05) is 12.2 Å². The van der Waals surface area contributed by atoms with E-state index in [1.54, 1.807) is 0 Å². The van der Waals surface area contributed by atoms with Crippen molar-refractivity contribution in [1.29, 1.82) is 0 Å². The van der Waals surface area contributed by atoms with Crippen LogP contribution in [0.1, 0.15) is 25.7 Å². The molecule has 0 spiro atoms. The molecule has 0 aromatic carbocycles. The molecule has 90 valence electrons. The average molecular weight is 238 g/mol. The SMILES string of the molecule is C[Si](C)(C)O[C@]12CC=C[C@]3(O)C[C@H]1CC[C@H]23. The Morgan fingerprint density at radius 3 is 2.75 bits per heavy atom. The normalized spacial score (nSPS) is 50.0. The third-order valence-corrected chi connectivity index (χ3v) is 5.59. The predicted octanol–water partition coefficient (Wildman–Crippen LogP) is 2.70. The van der Waals surface area contributed by atoms with Crippen molar-refractivity contribution in [1.82, 2.24) is 0 Å². The largest absolute Gasteiger partial charge is 0.411 e. The summed E-state index contributed by atoms with van der Waals surface area (Å²) in [7, 11) is -1.53. The highest BCUT2D eigenvalue weighted by Gasteiger charge is 2.66. The summed E-state index contributed by atoms with van der Waals surface area (Å²) in [4.78, 5) is 0. The molecule has 2 nitrogen and oxygen atoms in total. The summed E-state index contributed by atoms with van der Waals surface area (Å²) in [5, 5.41) is 10.6. The van der Waals surface area contributed by atoms with E-state index in [-0.39, 0.29) is 5.60 Å². The molecular weight excluding hydrogens is 216 g/mol. The van der Waals surface area contributed by atoms with Crippen LogP contribution in [0.3, 0.4) is 0 Å². The molecule has 0 amide bonds. The first-order valence-corrected chi connectivity index (χ1v) is 9.87. The average Bonchev–Trinajstić information content (AvgIpc) is 2.48. The summed E-state index contributed by atoms with van der Waals surface area (Å²) in [5.74, 6) is 0.950. The Morgan fingerprint density at radius 1 is 1.31 bits per heavy atom. The lowest BCUT2D eigenvalue weighted by Gasteiger charge is -2.43. The van der Waals surface area contributed by atoms with Gasteiger partial charge in [0, 0.05) is 5.92 Å². The minimum absolute atomic E-state index is 0.00598. The lowest BCUT2D eigenvalue weighted by Crippen LogP contribution is -2.50. The standard InChI is InChI=1S/C13H22O2Si/c1-16(2,3)15-13-8-4-7-12(14)9-10(13)5-6-11(12)13/h4,7,10-11,14H,5-6,8-9H2,1-3H3/t10-,11+,12+,13-/m1/s1. The quantitative estimate of drug-likeness (QED) is 0.592. The zero-order valence-corrected chi connectivity index (χ0v) is 11.5. The van der Waals surface area contributed by atoms with Crippen LogP contribution in [0.4, 0.5) is 0 Å². The molecule has 1 N–H and O–H groups in total. The fraction of sp³-hybridized carbons (Fsp3) is 0.846. The maximum atomic E-state index is 10.6. The molecule has 0 saturated heterocycles. The Hall–Kier alpha value is -0.123. The van der Waals surface area contributed by atoms with E-state index < -0.39 is 13.9 Å². The van der Waals surface area contributed by atoms with Gasteiger partial charge in [0.2, 0.25) is 0 Å². The molecule has 4 atom stereocenters. The van der Waals surface area contributed by atoms with E-state index in [4.69, 9.17) is 4.43 Å². The highest BCUT2D eigenvalue weighted by Crippen LogP contribution is 2.63. The van der Waals surface area contributed by atoms with Crippen molar-refractivity contribution in [2.75, 3.05) is 0 Å². The molecule has 3 aliphatic rings. The van der Waals surface area contributed by atoms with Crippen molar-refractivity contribution < 1.29 is 9.53 Å². The van der Waals surface area contributed by atoms with E-state index in [9.17, 15) is 5.11 Å².